The lowest BCUT2D eigenvalue weighted by atomic mass is 9.46. The van der Waals surface area contributed by atoms with Crippen LogP contribution in [0, 0.1) is 34.5 Å². The highest BCUT2D eigenvalue weighted by atomic mass is 16.3. The van der Waals surface area contributed by atoms with Crippen molar-refractivity contribution in [3.8, 4) is 0 Å². The maximum absolute atomic E-state index is 12.6. The van der Waals surface area contributed by atoms with Gasteiger partial charge in [0.15, 0.2) is 11.6 Å². The van der Waals surface area contributed by atoms with E-state index >= 15 is 0 Å². The minimum absolute atomic E-state index is 0.00784. The van der Waals surface area contributed by atoms with E-state index in [1.54, 1.807) is 12.2 Å². The van der Waals surface area contributed by atoms with Crippen LogP contribution in [0.5, 0.6) is 0 Å². The number of fused-ring (bicyclic) bond motifs is 5. The third kappa shape index (κ3) is 2.22. The molecule has 0 amide bonds. The molecule has 0 aliphatic heterocycles. The first-order valence-corrected chi connectivity index (χ1v) is 10.1. The maximum Gasteiger partial charge on any atom is 0.190 e. The van der Waals surface area contributed by atoms with Gasteiger partial charge in [0.2, 0.25) is 0 Å². The van der Waals surface area contributed by atoms with Crippen LogP contribution in [0.15, 0.2) is 23.8 Å². The standard InChI is InChI=1S/C22H30O5/c1-12-8-16-15-5-4-13-9-14(24)6-7-20(13,2)19(15)17(25)10-21(16,3)22(12,27)18(26)11-23/h6-7,9,12,15-17,19,23,25,27H,4-5,8,10-11H2,1-3H3/t12?,15?,16?,17?,19?,20-,21-,22-/m0/s1. The molecule has 5 heteroatoms. The van der Waals surface area contributed by atoms with Crippen molar-refractivity contribution in [2.24, 2.45) is 34.5 Å². The molecule has 4 rings (SSSR count). The highest BCUT2D eigenvalue weighted by molar-refractivity contribution is 6.01. The van der Waals surface area contributed by atoms with Gasteiger partial charge in [-0.3, -0.25) is 9.59 Å². The van der Waals surface area contributed by atoms with Crippen molar-refractivity contribution in [1.82, 2.24) is 0 Å². The zero-order chi connectivity index (χ0) is 19.8. The number of carbonyl (C=O) groups excluding carboxylic acids is 2. The summed E-state index contributed by atoms with van der Waals surface area (Å²) in [6, 6.07) is 0. The molecule has 0 heterocycles. The molecular weight excluding hydrogens is 344 g/mol. The molecule has 5 unspecified atom stereocenters. The third-order valence-electron chi connectivity index (χ3n) is 8.65. The monoisotopic (exact) mass is 374 g/mol. The SMILES string of the molecule is CC1CC2C3CCC4=CC(=O)C=C[C@]4(C)C3C(O)C[C@]2(C)[C@@]1(O)C(=O)CO. The molecule has 148 valence electrons. The van der Waals surface area contributed by atoms with E-state index in [4.69, 9.17) is 0 Å². The van der Waals surface area contributed by atoms with Crippen molar-refractivity contribution in [2.75, 3.05) is 6.61 Å². The van der Waals surface area contributed by atoms with Gasteiger partial charge in [0.25, 0.3) is 0 Å². The van der Waals surface area contributed by atoms with E-state index < -0.39 is 29.5 Å². The number of aliphatic hydroxyl groups is 3. The van der Waals surface area contributed by atoms with Crippen molar-refractivity contribution in [2.45, 2.75) is 58.2 Å². The number of Topliss-reactive ketones (excluding diaryl/α,β-unsaturated/α-hetero) is 1. The van der Waals surface area contributed by atoms with Crippen LogP contribution in [0.2, 0.25) is 0 Å². The summed E-state index contributed by atoms with van der Waals surface area (Å²) >= 11 is 0. The Morgan fingerprint density at radius 3 is 2.70 bits per heavy atom. The van der Waals surface area contributed by atoms with Crippen LogP contribution < -0.4 is 0 Å². The Balaban J connectivity index is 1.78. The van der Waals surface area contributed by atoms with Crippen molar-refractivity contribution in [1.29, 1.82) is 0 Å². The Bertz CT molecular complexity index is 754. The number of aliphatic hydroxyl groups excluding tert-OH is 2. The summed E-state index contributed by atoms with van der Waals surface area (Å²) in [6.45, 7) is 5.23. The minimum atomic E-state index is -1.60. The molecule has 4 aliphatic carbocycles. The van der Waals surface area contributed by atoms with Gasteiger partial charge in [0.05, 0.1) is 6.10 Å². The second-order valence-electron chi connectivity index (χ2n) is 9.70. The molecule has 0 aromatic carbocycles. The first-order valence-electron chi connectivity index (χ1n) is 10.1. The van der Waals surface area contributed by atoms with Crippen molar-refractivity contribution in [3.63, 3.8) is 0 Å². The van der Waals surface area contributed by atoms with E-state index in [0.717, 1.165) is 18.4 Å². The molecule has 0 bridgehead atoms. The molecule has 27 heavy (non-hydrogen) atoms. The summed E-state index contributed by atoms with van der Waals surface area (Å²) in [5.74, 6) is -0.539. The van der Waals surface area contributed by atoms with Crippen LogP contribution in [0.1, 0.15) is 46.5 Å². The Labute approximate surface area is 160 Å². The van der Waals surface area contributed by atoms with Crippen LogP contribution in [0.25, 0.3) is 0 Å². The van der Waals surface area contributed by atoms with Crippen molar-refractivity contribution in [3.05, 3.63) is 23.8 Å². The highest BCUT2D eigenvalue weighted by Gasteiger charge is 2.70. The number of carbonyl (C=O) groups is 2. The zero-order valence-electron chi connectivity index (χ0n) is 16.3. The number of rotatable bonds is 2. The van der Waals surface area contributed by atoms with Crippen LogP contribution in [0.4, 0.5) is 0 Å². The maximum atomic E-state index is 12.6. The van der Waals surface area contributed by atoms with Gasteiger partial charge in [-0.2, -0.15) is 0 Å². The smallest absolute Gasteiger partial charge is 0.190 e. The van der Waals surface area contributed by atoms with Crippen molar-refractivity contribution >= 4 is 11.6 Å². The average molecular weight is 374 g/mol. The predicted molar refractivity (Wildman–Crippen MR) is 99.6 cm³/mol. The van der Waals surface area contributed by atoms with E-state index in [1.165, 1.54) is 0 Å². The van der Waals surface area contributed by atoms with Gasteiger partial charge in [-0.25, -0.2) is 0 Å². The fourth-order valence-corrected chi connectivity index (χ4v) is 7.37. The van der Waals surface area contributed by atoms with Gasteiger partial charge >= 0.3 is 0 Å². The Kier molecular flexibility index (Phi) is 4.12. The average Bonchev–Trinajstić information content (AvgIpc) is 2.82. The lowest BCUT2D eigenvalue weighted by Crippen LogP contribution is -2.62. The highest BCUT2D eigenvalue weighted by Crippen LogP contribution is 2.68. The minimum Gasteiger partial charge on any atom is -0.393 e. The summed E-state index contributed by atoms with van der Waals surface area (Å²) in [7, 11) is 0. The molecule has 3 N–H and O–H groups in total. The lowest BCUT2D eigenvalue weighted by molar-refractivity contribution is -0.183. The molecule has 0 spiro atoms. The molecular formula is C22H30O5. The van der Waals surface area contributed by atoms with Gasteiger partial charge in [-0.15, -0.1) is 0 Å². The van der Waals surface area contributed by atoms with Gasteiger partial charge in [0, 0.05) is 16.7 Å². The van der Waals surface area contributed by atoms with Gasteiger partial charge in [0.1, 0.15) is 12.2 Å². The zero-order valence-corrected chi connectivity index (χ0v) is 16.3. The Hall–Kier alpha value is -1.30. The van der Waals surface area contributed by atoms with Crippen LogP contribution >= 0.6 is 0 Å². The normalized spacial score (nSPS) is 51.3. The number of hydrogen-bond acceptors (Lipinski definition) is 5. The summed E-state index contributed by atoms with van der Waals surface area (Å²) in [6.07, 6.45) is 7.30. The van der Waals surface area contributed by atoms with E-state index in [9.17, 15) is 24.9 Å². The van der Waals surface area contributed by atoms with E-state index in [1.807, 2.05) is 19.9 Å². The van der Waals surface area contributed by atoms with E-state index in [0.29, 0.717) is 12.8 Å². The van der Waals surface area contributed by atoms with Gasteiger partial charge < -0.3 is 15.3 Å². The third-order valence-corrected chi connectivity index (χ3v) is 8.65. The van der Waals surface area contributed by atoms with E-state index in [2.05, 4.69) is 6.92 Å². The van der Waals surface area contributed by atoms with Gasteiger partial charge in [-0.1, -0.05) is 32.4 Å². The number of allylic oxidation sites excluding steroid dienone is 4. The Morgan fingerprint density at radius 1 is 1.33 bits per heavy atom. The number of hydrogen-bond donors (Lipinski definition) is 3. The fourth-order valence-electron chi connectivity index (χ4n) is 7.37. The molecule has 3 fully saturated rings. The topological polar surface area (TPSA) is 94.8 Å². The lowest BCUT2D eigenvalue weighted by Gasteiger charge is -2.59. The van der Waals surface area contributed by atoms with Crippen LogP contribution in [-0.2, 0) is 9.59 Å². The van der Waals surface area contributed by atoms with Crippen LogP contribution in [-0.4, -0.2) is 45.2 Å². The fraction of sp³-hybridized carbons (Fsp3) is 0.727. The van der Waals surface area contributed by atoms with Crippen molar-refractivity contribution < 1.29 is 24.9 Å². The second kappa shape index (κ2) is 5.85. The molecule has 0 aromatic rings. The molecule has 0 radical (unpaired) electrons. The second-order valence-corrected chi connectivity index (χ2v) is 9.70. The summed E-state index contributed by atoms with van der Waals surface area (Å²) in [4.78, 5) is 24.4. The summed E-state index contributed by atoms with van der Waals surface area (Å²) in [5, 5.41) is 32.1. The molecule has 3 saturated carbocycles. The molecule has 8 atom stereocenters. The van der Waals surface area contributed by atoms with Gasteiger partial charge in [-0.05, 0) is 55.6 Å². The number of ketones is 2. The van der Waals surface area contributed by atoms with Crippen LogP contribution in [0.3, 0.4) is 0 Å². The van der Waals surface area contributed by atoms with E-state index in [-0.39, 0.29) is 34.9 Å². The first kappa shape index (κ1) is 19.0. The largest absolute Gasteiger partial charge is 0.393 e. The summed E-state index contributed by atoms with van der Waals surface area (Å²) in [5.41, 5.74) is -1.62. The Morgan fingerprint density at radius 2 is 2.04 bits per heavy atom. The molecule has 4 aliphatic rings. The molecule has 0 saturated heterocycles. The molecule has 5 nitrogen and oxygen atoms in total. The predicted octanol–water partition coefficient (Wildman–Crippen LogP) is 1.80. The first-order chi connectivity index (χ1) is 12.6. The summed E-state index contributed by atoms with van der Waals surface area (Å²) < 4.78 is 0. The molecule has 0 aromatic heterocycles. The quantitative estimate of drug-likeness (QED) is 0.685.